The molecule has 1 rings (SSSR count). The third kappa shape index (κ3) is 5.10. The highest BCUT2D eigenvalue weighted by Crippen LogP contribution is 2.21. The minimum atomic E-state index is -0.0373. The van der Waals surface area contributed by atoms with E-state index in [1.54, 1.807) is 0 Å². The molecule has 0 radical (unpaired) electrons. The Morgan fingerprint density at radius 1 is 1.38 bits per heavy atom. The van der Waals surface area contributed by atoms with Crippen LogP contribution < -0.4 is 5.32 Å². The van der Waals surface area contributed by atoms with Gasteiger partial charge in [0.15, 0.2) is 0 Å². The Morgan fingerprint density at radius 2 is 2.06 bits per heavy atom. The third-order valence-corrected chi connectivity index (χ3v) is 3.46. The molecule has 0 bridgehead atoms. The lowest BCUT2D eigenvalue weighted by atomic mass is 10.2. The minimum Gasteiger partial charge on any atom is -0.375 e. The standard InChI is InChI=1S/C13H23NOS/c1-10-6-7-12(16-10)11(2)14-8-9-15-13(3,4)5/h6-7,11,14H,8-9H2,1-5H3. The molecule has 0 aliphatic heterocycles. The summed E-state index contributed by atoms with van der Waals surface area (Å²) in [5, 5.41) is 3.47. The second-order valence-corrected chi connectivity index (χ2v) is 6.40. The van der Waals surface area contributed by atoms with E-state index in [9.17, 15) is 0 Å². The van der Waals surface area contributed by atoms with Crippen LogP contribution in [0.2, 0.25) is 0 Å². The molecule has 0 saturated carbocycles. The summed E-state index contributed by atoms with van der Waals surface area (Å²) in [5.41, 5.74) is -0.0373. The summed E-state index contributed by atoms with van der Waals surface area (Å²) in [5.74, 6) is 0. The molecule has 0 fully saturated rings. The van der Waals surface area contributed by atoms with Gasteiger partial charge in [-0.2, -0.15) is 0 Å². The van der Waals surface area contributed by atoms with Crippen LogP contribution in [0.3, 0.4) is 0 Å². The van der Waals surface area contributed by atoms with Crippen LogP contribution in [0.5, 0.6) is 0 Å². The molecule has 92 valence electrons. The largest absolute Gasteiger partial charge is 0.375 e. The molecule has 0 aromatic carbocycles. The summed E-state index contributed by atoms with van der Waals surface area (Å²) in [4.78, 5) is 2.77. The predicted octanol–water partition coefficient (Wildman–Crippen LogP) is 3.52. The number of nitrogens with one attached hydrogen (secondary N) is 1. The fourth-order valence-corrected chi connectivity index (χ4v) is 2.32. The maximum atomic E-state index is 5.66. The van der Waals surface area contributed by atoms with Gasteiger partial charge in [0.1, 0.15) is 0 Å². The van der Waals surface area contributed by atoms with Crippen LogP contribution in [0.25, 0.3) is 0 Å². The smallest absolute Gasteiger partial charge is 0.0599 e. The fraction of sp³-hybridized carbons (Fsp3) is 0.692. The van der Waals surface area contributed by atoms with Crippen molar-refractivity contribution in [2.75, 3.05) is 13.2 Å². The first kappa shape index (κ1) is 13.7. The molecule has 1 aromatic rings. The Kier molecular flexibility index (Phi) is 4.96. The van der Waals surface area contributed by atoms with Crippen molar-refractivity contribution in [1.82, 2.24) is 5.32 Å². The van der Waals surface area contributed by atoms with Crippen molar-refractivity contribution >= 4 is 11.3 Å². The third-order valence-electron chi connectivity index (χ3n) is 2.28. The molecule has 1 atom stereocenters. The van der Waals surface area contributed by atoms with Crippen molar-refractivity contribution in [3.63, 3.8) is 0 Å². The fourth-order valence-electron chi connectivity index (χ4n) is 1.42. The predicted molar refractivity (Wildman–Crippen MR) is 71.2 cm³/mol. The highest BCUT2D eigenvalue weighted by Gasteiger charge is 2.10. The molecule has 0 aliphatic carbocycles. The van der Waals surface area contributed by atoms with E-state index in [1.807, 2.05) is 11.3 Å². The number of thiophene rings is 1. The topological polar surface area (TPSA) is 21.3 Å². The molecule has 1 heterocycles. The van der Waals surface area contributed by atoms with Gasteiger partial charge in [-0.1, -0.05) is 0 Å². The SMILES string of the molecule is Cc1ccc(C(C)NCCOC(C)(C)C)s1. The second-order valence-electron chi connectivity index (χ2n) is 5.09. The van der Waals surface area contributed by atoms with Gasteiger partial charge in [-0.25, -0.2) is 0 Å². The quantitative estimate of drug-likeness (QED) is 0.796. The number of ether oxygens (including phenoxy) is 1. The zero-order chi connectivity index (χ0) is 12.2. The van der Waals surface area contributed by atoms with Crippen molar-refractivity contribution in [2.24, 2.45) is 0 Å². The molecular formula is C13H23NOS. The molecular weight excluding hydrogens is 218 g/mol. The van der Waals surface area contributed by atoms with Crippen LogP contribution in [0.4, 0.5) is 0 Å². The summed E-state index contributed by atoms with van der Waals surface area (Å²) < 4.78 is 5.66. The number of rotatable bonds is 5. The van der Waals surface area contributed by atoms with Gasteiger partial charge in [0.2, 0.25) is 0 Å². The van der Waals surface area contributed by atoms with Gasteiger partial charge in [0, 0.05) is 22.3 Å². The molecule has 1 unspecified atom stereocenters. The first-order valence-corrected chi connectivity index (χ1v) is 6.64. The Hall–Kier alpha value is -0.380. The molecule has 3 heteroatoms. The Labute approximate surface area is 103 Å². The normalized spacial score (nSPS) is 14.1. The van der Waals surface area contributed by atoms with Crippen molar-refractivity contribution in [1.29, 1.82) is 0 Å². The summed E-state index contributed by atoms with van der Waals surface area (Å²) in [6.45, 7) is 12.2. The molecule has 0 spiro atoms. The molecule has 0 amide bonds. The van der Waals surface area contributed by atoms with E-state index in [0.29, 0.717) is 6.04 Å². The zero-order valence-corrected chi connectivity index (χ0v) is 11.8. The van der Waals surface area contributed by atoms with E-state index in [4.69, 9.17) is 4.74 Å². The first-order valence-electron chi connectivity index (χ1n) is 5.82. The minimum absolute atomic E-state index is 0.0373. The van der Waals surface area contributed by atoms with Crippen LogP contribution in [0.15, 0.2) is 12.1 Å². The van der Waals surface area contributed by atoms with Gasteiger partial charge >= 0.3 is 0 Å². The number of hydrogen-bond donors (Lipinski definition) is 1. The summed E-state index contributed by atoms with van der Waals surface area (Å²) in [6, 6.07) is 4.79. The summed E-state index contributed by atoms with van der Waals surface area (Å²) >= 11 is 1.86. The summed E-state index contributed by atoms with van der Waals surface area (Å²) in [7, 11) is 0. The lowest BCUT2D eigenvalue weighted by Crippen LogP contribution is -2.27. The van der Waals surface area contributed by atoms with Crippen LogP contribution in [-0.4, -0.2) is 18.8 Å². The number of aryl methyl sites for hydroxylation is 1. The van der Waals surface area contributed by atoms with Crippen LogP contribution >= 0.6 is 11.3 Å². The van der Waals surface area contributed by atoms with Crippen molar-refractivity contribution < 1.29 is 4.74 Å². The first-order chi connectivity index (χ1) is 7.38. The van der Waals surface area contributed by atoms with Crippen molar-refractivity contribution in [3.05, 3.63) is 21.9 Å². The van der Waals surface area contributed by atoms with Gasteiger partial charge in [0.05, 0.1) is 12.2 Å². The van der Waals surface area contributed by atoms with E-state index in [1.165, 1.54) is 9.75 Å². The maximum Gasteiger partial charge on any atom is 0.0599 e. The molecule has 16 heavy (non-hydrogen) atoms. The van der Waals surface area contributed by atoms with Crippen LogP contribution in [0.1, 0.15) is 43.5 Å². The van der Waals surface area contributed by atoms with Crippen molar-refractivity contribution in [3.8, 4) is 0 Å². The molecule has 1 N–H and O–H groups in total. The highest BCUT2D eigenvalue weighted by molar-refractivity contribution is 7.12. The average Bonchev–Trinajstić information content (AvgIpc) is 2.57. The van der Waals surface area contributed by atoms with Gasteiger partial charge in [-0.3, -0.25) is 0 Å². The molecule has 1 aromatic heterocycles. The highest BCUT2D eigenvalue weighted by atomic mass is 32.1. The average molecular weight is 241 g/mol. The van der Waals surface area contributed by atoms with Crippen LogP contribution in [-0.2, 0) is 4.74 Å². The number of hydrogen-bond acceptors (Lipinski definition) is 3. The second kappa shape index (κ2) is 5.80. The van der Waals surface area contributed by atoms with Gasteiger partial charge in [-0.15, -0.1) is 11.3 Å². The zero-order valence-electron chi connectivity index (χ0n) is 11.0. The van der Waals surface area contributed by atoms with E-state index < -0.39 is 0 Å². The van der Waals surface area contributed by atoms with Gasteiger partial charge in [-0.05, 0) is 46.8 Å². The summed E-state index contributed by atoms with van der Waals surface area (Å²) in [6.07, 6.45) is 0. The lowest BCUT2D eigenvalue weighted by Gasteiger charge is -2.20. The van der Waals surface area contributed by atoms with Gasteiger partial charge < -0.3 is 10.1 Å². The monoisotopic (exact) mass is 241 g/mol. The van der Waals surface area contributed by atoms with E-state index in [-0.39, 0.29) is 5.60 Å². The molecule has 0 aliphatic rings. The molecule has 0 saturated heterocycles. The van der Waals surface area contributed by atoms with Crippen LogP contribution in [0, 0.1) is 6.92 Å². The maximum absolute atomic E-state index is 5.66. The van der Waals surface area contributed by atoms with E-state index in [2.05, 4.69) is 52.1 Å². The van der Waals surface area contributed by atoms with E-state index >= 15 is 0 Å². The Morgan fingerprint density at radius 3 is 2.56 bits per heavy atom. The van der Waals surface area contributed by atoms with Crippen molar-refractivity contribution in [2.45, 2.75) is 46.3 Å². The molecule has 2 nitrogen and oxygen atoms in total. The van der Waals surface area contributed by atoms with Gasteiger partial charge in [0.25, 0.3) is 0 Å². The Balaban J connectivity index is 2.23. The Bertz CT molecular complexity index is 314. The van der Waals surface area contributed by atoms with E-state index in [0.717, 1.165) is 13.2 Å². The lowest BCUT2D eigenvalue weighted by molar-refractivity contribution is -0.00146.